The molecule has 0 fully saturated rings. The minimum atomic E-state index is -0.531. The third kappa shape index (κ3) is 3.87. The minimum Gasteiger partial charge on any atom is -0.298 e. The zero-order valence-electron chi connectivity index (χ0n) is 16.7. The molecule has 10 heteroatoms. The molecule has 8 nitrogen and oxygen atoms in total. The van der Waals surface area contributed by atoms with Crippen LogP contribution >= 0.6 is 11.6 Å². The average Bonchev–Trinajstić information content (AvgIpc) is 3.12. The van der Waals surface area contributed by atoms with E-state index < -0.39 is 17.1 Å². The van der Waals surface area contributed by atoms with Crippen LogP contribution in [0.15, 0.2) is 63.2 Å². The van der Waals surface area contributed by atoms with Crippen molar-refractivity contribution >= 4 is 34.9 Å². The van der Waals surface area contributed by atoms with E-state index in [4.69, 9.17) is 11.6 Å². The minimum absolute atomic E-state index is 0.0232. The lowest BCUT2D eigenvalue weighted by atomic mass is 10.2. The van der Waals surface area contributed by atoms with E-state index >= 15 is 0 Å². The Labute approximate surface area is 180 Å². The summed E-state index contributed by atoms with van der Waals surface area (Å²) in [6, 6.07) is 13.3. The van der Waals surface area contributed by atoms with Gasteiger partial charge in [-0.25, -0.2) is 14.6 Å². The highest BCUT2D eigenvalue weighted by Gasteiger charge is 2.20. The van der Waals surface area contributed by atoms with Crippen molar-refractivity contribution in [1.82, 2.24) is 18.7 Å². The smallest absolute Gasteiger partial charge is 0.298 e. The van der Waals surface area contributed by atoms with Crippen LogP contribution in [0.2, 0.25) is 5.02 Å². The highest BCUT2D eigenvalue weighted by molar-refractivity contribution is 6.30. The van der Waals surface area contributed by atoms with E-state index in [9.17, 15) is 14.0 Å². The van der Waals surface area contributed by atoms with Crippen LogP contribution in [-0.4, -0.2) is 24.9 Å². The Bertz CT molecular complexity index is 1420. The molecule has 0 unspecified atom stereocenters. The Hall–Kier alpha value is -3.72. The van der Waals surface area contributed by atoms with Crippen LogP contribution in [0.3, 0.4) is 0 Å². The van der Waals surface area contributed by atoms with Crippen LogP contribution in [0.4, 0.5) is 10.3 Å². The van der Waals surface area contributed by atoms with Gasteiger partial charge in [0, 0.05) is 24.7 Å². The summed E-state index contributed by atoms with van der Waals surface area (Å²) in [7, 11) is 2.90. The number of benzene rings is 2. The molecule has 0 saturated heterocycles. The van der Waals surface area contributed by atoms with Gasteiger partial charge in [0.15, 0.2) is 11.2 Å². The number of nitrogens with one attached hydrogen (secondary N) is 1. The van der Waals surface area contributed by atoms with E-state index in [1.54, 1.807) is 48.7 Å². The lowest BCUT2D eigenvalue weighted by Gasteiger charge is -2.10. The van der Waals surface area contributed by atoms with Gasteiger partial charge in [-0.1, -0.05) is 41.9 Å². The van der Waals surface area contributed by atoms with Gasteiger partial charge in [-0.05, 0) is 23.8 Å². The predicted octanol–water partition coefficient (Wildman–Crippen LogP) is 2.72. The molecule has 4 aromatic rings. The zero-order valence-corrected chi connectivity index (χ0v) is 17.5. The molecule has 4 rings (SSSR count). The number of aromatic nitrogens is 4. The number of imidazole rings is 1. The topological polar surface area (TPSA) is 86.2 Å². The summed E-state index contributed by atoms with van der Waals surface area (Å²) in [5, 5.41) is 4.78. The van der Waals surface area contributed by atoms with Gasteiger partial charge < -0.3 is 0 Å². The van der Waals surface area contributed by atoms with Gasteiger partial charge in [0.1, 0.15) is 5.82 Å². The standard InChI is InChI=1S/C21H18ClFN6O2/c1-27-18-17(19(30)28(2)21(27)31)29(12-14-5-3-4-6-16(14)23)20(25-18)26-24-11-13-7-9-15(22)10-8-13/h3-11H,12H2,1-2H3,(H,25,26). The molecule has 0 saturated carbocycles. The molecule has 0 radical (unpaired) electrons. The van der Waals surface area contributed by atoms with Crippen LogP contribution in [0.1, 0.15) is 11.1 Å². The summed E-state index contributed by atoms with van der Waals surface area (Å²) in [4.78, 5) is 29.6. The zero-order chi connectivity index (χ0) is 22.1. The van der Waals surface area contributed by atoms with E-state index in [1.165, 1.54) is 29.3 Å². The predicted molar refractivity (Wildman–Crippen MR) is 118 cm³/mol. The fourth-order valence-electron chi connectivity index (χ4n) is 3.20. The fourth-order valence-corrected chi connectivity index (χ4v) is 3.32. The molecule has 31 heavy (non-hydrogen) atoms. The maximum absolute atomic E-state index is 14.3. The van der Waals surface area contributed by atoms with Gasteiger partial charge in [-0.2, -0.15) is 10.1 Å². The van der Waals surface area contributed by atoms with Gasteiger partial charge in [0.25, 0.3) is 5.56 Å². The molecular formula is C21H18ClFN6O2. The summed E-state index contributed by atoms with van der Waals surface area (Å²) >= 11 is 5.89. The van der Waals surface area contributed by atoms with Crippen LogP contribution in [0, 0.1) is 5.82 Å². The first-order chi connectivity index (χ1) is 14.9. The molecule has 0 aliphatic carbocycles. The Morgan fingerprint density at radius 2 is 1.81 bits per heavy atom. The number of fused-ring (bicyclic) bond motifs is 1. The highest BCUT2D eigenvalue weighted by atomic mass is 35.5. The highest BCUT2D eigenvalue weighted by Crippen LogP contribution is 2.19. The van der Waals surface area contributed by atoms with Crippen molar-refractivity contribution in [2.45, 2.75) is 6.54 Å². The monoisotopic (exact) mass is 440 g/mol. The van der Waals surface area contributed by atoms with Crippen LogP contribution in [-0.2, 0) is 20.6 Å². The Morgan fingerprint density at radius 3 is 2.52 bits per heavy atom. The van der Waals surface area contributed by atoms with Gasteiger partial charge in [-0.3, -0.25) is 18.5 Å². The van der Waals surface area contributed by atoms with Gasteiger partial charge in [0.05, 0.1) is 12.8 Å². The van der Waals surface area contributed by atoms with Gasteiger partial charge >= 0.3 is 5.69 Å². The van der Waals surface area contributed by atoms with Crippen LogP contribution < -0.4 is 16.7 Å². The number of halogens is 2. The van der Waals surface area contributed by atoms with E-state index in [-0.39, 0.29) is 23.7 Å². The van der Waals surface area contributed by atoms with Crippen molar-refractivity contribution in [3.63, 3.8) is 0 Å². The number of hydrazone groups is 1. The second-order valence-electron chi connectivity index (χ2n) is 6.91. The Morgan fingerprint density at radius 1 is 1.10 bits per heavy atom. The molecule has 158 valence electrons. The molecule has 2 heterocycles. The molecule has 0 spiro atoms. The quantitative estimate of drug-likeness (QED) is 0.382. The number of aryl methyl sites for hydroxylation is 1. The van der Waals surface area contributed by atoms with E-state index in [1.807, 2.05) is 0 Å². The first-order valence-electron chi connectivity index (χ1n) is 9.31. The normalized spacial score (nSPS) is 11.5. The van der Waals surface area contributed by atoms with Gasteiger partial charge in [-0.15, -0.1) is 0 Å². The van der Waals surface area contributed by atoms with Gasteiger partial charge in [0.2, 0.25) is 5.95 Å². The molecule has 0 aliphatic rings. The molecule has 1 N–H and O–H groups in total. The third-order valence-electron chi connectivity index (χ3n) is 4.88. The first-order valence-corrected chi connectivity index (χ1v) is 9.69. The lowest BCUT2D eigenvalue weighted by Crippen LogP contribution is -2.37. The summed E-state index contributed by atoms with van der Waals surface area (Å²) in [5.74, 6) is -0.219. The second-order valence-corrected chi connectivity index (χ2v) is 7.35. The third-order valence-corrected chi connectivity index (χ3v) is 5.13. The SMILES string of the molecule is Cn1c(=O)c2c(nc(NN=Cc3ccc(Cl)cc3)n2Cc2ccccc2F)n(C)c1=O. The summed E-state index contributed by atoms with van der Waals surface area (Å²) < 4.78 is 18.1. The van der Waals surface area contributed by atoms with E-state index in [0.29, 0.717) is 10.6 Å². The maximum atomic E-state index is 14.3. The van der Waals surface area contributed by atoms with Crippen molar-refractivity contribution in [3.8, 4) is 0 Å². The van der Waals surface area contributed by atoms with E-state index in [0.717, 1.165) is 10.1 Å². The van der Waals surface area contributed by atoms with Crippen molar-refractivity contribution in [1.29, 1.82) is 0 Å². The number of hydrogen-bond acceptors (Lipinski definition) is 5. The fraction of sp³-hybridized carbons (Fsp3) is 0.143. The van der Waals surface area contributed by atoms with Crippen molar-refractivity contribution in [2.24, 2.45) is 19.2 Å². The molecule has 0 amide bonds. The first kappa shape index (κ1) is 20.5. The van der Waals surface area contributed by atoms with Crippen LogP contribution in [0.5, 0.6) is 0 Å². The molecule has 2 aromatic carbocycles. The lowest BCUT2D eigenvalue weighted by molar-refractivity contribution is 0.601. The summed E-state index contributed by atoms with van der Waals surface area (Å²) in [5.41, 5.74) is 3.25. The Balaban J connectivity index is 1.83. The molecule has 0 bridgehead atoms. The number of rotatable bonds is 5. The number of nitrogens with zero attached hydrogens (tertiary/aromatic N) is 5. The molecular weight excluding hydrogens is 423 g/mol. The van der Waals surface area contributed by atoms with Crippen molar-refractivity contribution in [3.05, 3.63) is 91.3 Å². The van der Waals surface area contributed by atoms with Crippen LogP contribution in [0.25, 0.3) is 11.2 Å². The summed E-state index contributed by atoms with van der Waals surface area (Å²) in [6.07, 6.45) is 1.56. The molecule has 0 aliphatic heterocycles. The van der Waals surface area contributed by atoms with E-state index in [2.05, 4.69) is 15.5 Å². The molecule has 2 aromatic heterocycles. The largest absolute Gasteiger partial charge is 0.332 e. The maximum Gasteiger partial charge on any atom is 0.332 e. The Kier molecular flexibility index (Phi) is 5.43. The summed E-state index contributed by atoms with van der Waals surface area (Å²) in [6.45, 7) is 0.0232. The van der Waals surface area contributed by atoms with Crippen molar-refractivity contribution in [2.75, 3.05) is 5.43 Å². The van der Waals surface area contributed by atoms with Crippen molar-refractivity contribution < 1.29 is 4.39 Å². The number of anilines is 1. The second kappa shape index (κ2) is 8.19. The number of hydrogen-bond donors (Lipinski definition) is 1. The average molecular weight is 441 g/mol. The molecule has 0 atom stereocenters.